The van der Waals surface area contributed by atoms with Gasteiger partial charge in [0, 0.05) is 19.0 Å². The average Bonchev–Trinajstić information content (AvgIpc) is 2.12. The first kappa shape index (κ1) is 14.2. The van der Waals surface area contributed by atoms with E-state index >= 15 is 0 Å². The molecule has 0 saturated heterocycles. The third kappa shape index (κ3) is 9.46. The minimum atomic E-state index is -0.151. The molecule has 0 aromatic rings. The fraction of sp³-hybridized carbons (Fsp3) is 0.800. The zero-order valence-electron chi connectivity index (χ0n) is 9.63. The lowest BCUT2D eigenvalue weighted by Gasteiger charge is -2.12. The molecule has 0 atom stereocenters. The summed E-state index contributed by atoms with van der Waals surface area (Å²) < 4.78 is 4.80. The molecule has 0 aliphatic rings. The second-order valence-electron chi connectivity index (χ2n) is 3.46. The standard InChI is InChI=1S/C10H20N2O2S/c1-4-14-9(13)6-5-7-11-10(15)12-8(2)3/h8H,4-7H2,1-3H3,(H2,11,12,15). The van der Waals surface area contributed by atoms with Gasteiger partial charge in [0.15, 0.2) is 5.11 Å². The third-order valence-electron chi connectivity index (χ3n) is 1.57. The molecule has 0 aromatic heterocycles. The maximum Gasteiger partial charge on any atom is 0.305 e. The Balaban J connectivity index is 3.38. The topological polar surface area (TPSA) is 50.4 Å². The van der Waals surface area contributed by atoms with Gasteiger partial charge in [-0.2, -0.15) is 0 Å². The first-order valence-electron chi connectivity index (χ1n) is 5.26. The van der Waals surface area contributed by atoms with Crippen molar-refractivity contribution in [2.75, 3.05) is 13.2 Å². The molecule has 88 valence electrons. The van der Waals surface area contributed by atoms with Gasteiger partial charge in [0.05, 0.1) is 6.61 Å². The maximum absolute atomic E-state index is 11.0. The van der Waals surface area contributed by atoms with Crippen LogP contribution in [0.2, 0.25) is 0 Å². The third-order valence-corrected chi connectivity index (χ3v) is 1.83. The normalized spacial score (nSPS) is 9.87. The Kier molecular flexibility index (Phi) is 7.99. The van der Waals surface area contributed by atoms with Crippen molar-refractivity contribution in [1.29, 1.82) is 0 Å². The van der Waals surface area contributed by atoms with Crippen molar-refractivity contribution in [2.45, 2.75) is 39.7 Å². The van der Waals surface area contributed by atoms with Crippen molar-refractivity contribution in [3.8, 4) is 0 Å². The van der Waals surface area contributed by atoms with E-state index in [0.717, 1.165) is 6.42 Å². The monoisotopic (exact) mass is 232 g/mol. The highest BCUT2D eigenvalue weighted by molar-refractivity contribution is 7.80. The van der Waals surface area contributed by atoms with Crippen molar-refractivity contribution >= 4 is 23.3 Å². The summed E-state index contributed by atoms with van der Waals surface area (Å²) in [6.07, 6.45) is 1.17. The summed E-state index contributed by atoms with van der Waals surface area (Å²) in [6.45, 7) is 6.98. The molecule has 2 N–H and O–H groups in total. The lowest BCUT2D eigenvalue weighted by atomic mass is 10.3. The number of hydrogen-bond donors (Lipinski definition) is 2. The fourth-order valence-corrected chi connectivity index (χ4v) is 1.32. The fourth-order valence-electron chi connectivity index (χ4n) is 0.981. The first-order chi connectivity index (χ1) is 7.06. The molecule has 15 heavy (non-hydrogen) atoms. The predicted molar refractivity (Wildman–Crippen MR) is 64.7 cm³/mol. The van der Waals surface area contributed by atoms with Crippen LogP contribution in [0.1, 0.15) is 33.6 Å². The molecule has 0 aliphatic carbocycles. The number of ether oxygens (including phenoxy) is 1. The van der Waals surface area contributed by atoms with E-state index in [1.54, 1.807) is 6.92 Å². The molecule has 0 rings (SSSR count). The van der Waals surface area contributed by atoms with E-state index in [1.165, 1.54) is 0 Å². The number of hydrogen-bond acceptors (Lipinski definition) is 3. The predicted octanol–water partition coefficient (Wildman–Crippen LogP) is 1.20. The molecule has 0 heterocycles. The van der Waals surface area contributed by atoms with Crippen LogP contribution in [0.3, 0.4) is 0 Å². The van der Waals surface area contributed by atoms with Gasteiger partial charge in [-0.1, -0.05) is 0 Å². The largest absolute Gasteiger partial charge is 0.466 e. The zero-order chi connectivity index (χ0) is 11.7. The summed E-state index contributed by atoms with van der Waals surface area (Å²) in [6, 6.07) is 0.329. The van der Waals surface area contributed by atoms with Gasteiger partial charge in [-0.15, -0.1) is 0 Å². The SMILES string of the molecule is CCOC(=O)CCCNC(=S)NC(C)C. The molecule has 0 saturated carbocycles. The second-order valence-corrected chi connectivity index (χ2v) is 3.87. The Morgan fingerprint density at radius 2 is 2.13 bits per heavy atom. The Hall–Kier alpha value is -0.840. The molecule has 0 aromatic carbocycles. The van der Waals surface area contributed by atoms with E-state index in [2.05, 4.69) is 10.6 Å². The van der Waals surface area contributed by atoms with E-state index in [9.17, 15) is 4.79 Å². The van der Waals surface area contributed by atoms with Crippen molar-refractivity contribution in [2.24, 2.45) is 0 Å². The Labute approximate surface area is 96.8 Å². The lowest BCUT2D eigenvalue weighted by molar-refractivity contribution is -0.143. The molecular formula is C10H20N2O2S. The van der Waals surface area contributed by atoms with Gasteiger partial charge >= 0.3 is 5.97 Å². The highest BCUT2D eigenvalue weighted by Gasteiger charge is 2.01. The highest BCUT2D eigenvalue weighted by atomic mass is 32.1. The van der Waals surface area contributed by atoms with Crippen LogP contribution in [0.25, 0.3) is 0 Å². The maximum atomic E-state index is 11.0. The van der Waals surface area contributed by atoms with Gasteiger partial charge in [0.25, 0.3) is 0 Å². The number of thiocarbonyl (C=S) groups is 1. The van der Waals surface area contributed by atoms with Crippen molar-refractivity contribution < 1.29 is 9.53 Å². The van der Waals surface area contributed by atoms with Crippen LogP contribution in [0.15, 0.2) is 0 Å². The molecule has 0 aliphatic heterocycles. The molecule has 5 heteroatoms. The molecule has 4 nitrogen and oxygen atoms in total. The minimum Gasteiger partial charge on any atom is -0.466 e. The Morgan fingerprint density at radius 3 is 2.67 bits per heavy atom. The van der Waals surface area contributed by atoms with E-state index in [1.807, 2.05) is 13.8 Å². The summed E-state index contributed by atoms with van der Waals surface area (Å²) in [7, 11) is 0. The average molecular weight is 232 g/mol. The quantitative estimate of drug-likeness (QED) is 0.409. The van der Waals surface area contributed by atoms with E-state index in [-0.39, 0.29) is 5.97 Å². The number of rotatable bonds is 6. The highest BCUT2D eigenvalue weighted by Crippen LogP contribution is 1.91. The van der Waals surface area contributed by atoms with Crippen LogP contribution < -0.4 is 10.6 Å². The van der Waals surface area contributed by atoms with Crippen LogP contribution in [-0.2, 0) is 9.53 Å². The zero-order valence-corrected chi connectivity index (χ0v) is 10.4. The van der Waals surface area contributed by atoms with Gasteiger partial charge in [-0.3, -0.25) is 4.79 Å². The number of esters is 1. The van der Waals surface area contributed by atoms with Crippen molar-refractivity contribution in [3.63, 3.8) is 0 Å². The van der Waals surface area contributed by atoms with Gasteiger partial charge in [-0.05, 0) is 39.4 Å². The molecule has 0 radical (unpaired) electrons. The van der Waals surface area contributed by atoms with E-state index in [0.29, 0.717) is 30.7 Å². The number of nitrogens with one attached hydrogen (secondary N) is 2. The first-order valence-corrected chi connectivity index (χ1v) is 5.67. The van der Waals surface area contributed by atoms with Crippen LogP contribution in [0, 0.1) is 0 Å². The Bertz CT molecular complexity index is 208. The van der Waals surface area contributed by atoms with Crippen molar-refractivity contribution in [1.82, 2.24) is 10.6 Å². The van der Waals surface area contributed by atoms with Gasteiger partial charge < -0.3 is 15.4 Å². The summed E-state index contributed by atoms with van der Waals surface area (Å²) in [5.74, 6) is -0.151. The van der Waals surface area contributed by atoms with Gasteiger partial charge in [0.2, 0.25) is 0 Å². The van der Waals surface area contributed by atoms with Gasteiger partial charge in [-0.25, -0.2) is 0 Å². The molecule has 0 spiro atoms. The summed E-state index contributed by atoms with van der Waals surface area (Å²) in [5, 5.41) is 6.72. The molecule has 0 amide bonds. The summed E-state index contributed by atoms with van der Waals surface area (Å²) in [5.41, 5.74) is 0. The smallest absolute Gasteiger partial charge is 0.305 e. The number of carbonyl (C=O) groups excluding carboxylic acids is 1. The lowest BCUT2D eigenvalue weighted by Crippen LogP contribution is -2.39. The van der Waals surface area contributed by atoms with Gasteiger partial charge in [0.1, 0.15) is 0 Å². The number of carbonyl (C=O) groups is 1. The van der Waals surface area contributed by atoms with Crippen LogP contribution in [-0.4, -0.2) is 30.3 Å². The van der Waals surface area contributed by atoms with Crippen LogP contribution >= 0.6 is 12.2 Å². The minimum absolute atomic E-state index is 0.151. The molecular weight excluding hydrogens is 212 g/mol. The molecule has 0 bridgehead atoms. The van der Waals surface area contributed by atoms with E-state index < -0.39 is 0 Å². The van der Waals surface area contributed by atoms with Crippen LogP contribution in [0.5, 0.6) is 0 Å². The molecule has 0 fully saturated rings. The summed E-state index contributed by atoms with van der Waals surface area (Å²) >= 11 is 5.02. The molecule has 0 unspecified atom stereocenters. The second kappa shape index (κ2) is 8.47. The van der Waals surface area contributed by atoms with Crippen LogP contribution in [0.4, 0.5) is 0 Å². The van der Waals surface area contributed by atoms with E-state index in [4.69, 9.17) is 17.0 Å². The summed E-state index contributed by atoms with van der Waals surface area (Å²) in [4.78, 5) is 11.0. The Morgan fingerprint density at radius 1 is 1.47 bits per heavy atom. The van der Waals surface area contributed by atoms with Crippen molar-refractivity contribution in [3.05, 3.63) is 0 Å².